The van der Waals surface area contributed by atoms with Crippen LogP contribution in [0, 0.1) is 0 Å². The average Bonchev–Trinajstić information content (AvgIpc) is 2.20. The molecule has 0 aromatic heterocycles. The second kappa shape index (κ2) is 5.61. The monoisotopic (exact) mass is 225 g/mol. The zero-order chi connectivity index (χ0) is 11.3. The molecule has 82 valence electrons. The van der Waals surface area contributed by atoms with Crippen LogP contribution in [0.15, 0.2) is 29.3 Å². The number of aliphatic imine (C=N–C) groups is 1. The number of rotatable bonds is 3. The lowest BCUT2D eigenvalue weighted by Crippen LogP contribution is -2.30. The summed E-state index contributed by atoms with van der Waals surface area (Å²) in [7, 11) is 3.74. The third kappa shape index (κ3) is 3.80. The van der Waals surface area contributed by atoms with Gasteiger partial charge in [0.25, 0.3) is 0 Å². The summed E-state index contributed by atoms with van der Waals surface area (Å²) in [6.45, 7) is 0.660. The average molecular weight is 226 g/mol. The lowest BCUT2D eigenvalue weighted by atomic mass is 10.1. The van der Waals surface area contributed by atoms with Crippen LogP contribution in [-0.2, 0) is 6.42 Å². The van der Waals surface area contributed by atoms with Gasteiger partial charge >= 0.3 is 0 Å². The highest BCUT2D eigenvalue weighted by Crippen LogP contribution is 2.15. The van der Waals surface area contributed by atoms with Crippen LogP contribution in [0.1, 0.15) is 5.56 Å². The Morgan fingerprint density at radius 3 is 2.67 bits per heavy atom. The first-order chi connectivity index (χ1) is 7.11. The molecule has 0 radical (unpaired) electrons. The molecule has 0 bridgehead atoms. The smallest absolute Gasteiger partial charge is 0.190 e. The SMILES string of the molecule is CN(C)C(N)=NCCc1ccccc1Cl. The van der Waals surface area contributed by atoms with Gasteiger partial charge in [-0.15, -0.1) is 0 Å². The summed E-state index contributed by atoms with van der Waals surface area (Å²) in [5.41, 5.74) is 6.77. The van der Waals surface area contributed by atoms with Crippen molar-refractivity contribution in [2.75, 3.05) is 20.6 Å². The molecule has 0 heterocycles. The third-order valence-corrected chi connectivity index (χ3v) is 2.44. The molecule has 3 nitrogen and oxygen atoms in total. The van der Waals surface area contributed by atoms with Crippen LogP contribution in [0.25, 0.3) is 0 Å². The Bertz CT molecular complexity index is 347. The fraction of sp³-hybridized carbons (Fsp3) is 0.364. The van der Waals surface area contributed by atoms with Gasteiger partial charge in [0.15, 0.2) is 5.96 Å². The van der Waals surface area contributed by atoms with Gasteiger partial charge in [-0.3, -0.25) is 4.99 Å². The predicted molar refractivity (Wildman–Crippen MR) is 65.3 cm³/mol. The van der Waals surface area contributed by atoms with Crippen LogP contribution in [0.3, 0.4) is 0 Å². The molecule has 15 heavy (non-hydrogen) atoms. The first-order valence-corrected chi connectivity index (χ1v) is 5.19. The van der Waals surface area contributed by atoms with Gasteiger partial charge in [0, 0.05) is 25.7 Å². The molecule has 1 rings (SSSR count). The van der Waals surface area contributed by atoms with Crippen LogP contribution >= 0.6 is 11.6 Å². The van der Waals surface area contributed by atoms with E-state index in [1.54, 1.807) is 4.90 Å². The van der Waals surface area contributed by atoms with Crippen molar-refractivity contribution in [1.82, 2.24) is 4.90 Å². The fourth-order valence-electron chi connectivity index (χ4n) is 1.13. The maximum Gasteiger partial charge on any atom is 0.190 e. The highest BCUT2D eigenvalue weighted by Gasteiger charge is 1.98. The third-order valence-electron chi connectivity index (χ3n) is 2.07. The van der Waals surface area contributed by atoms with Crippen LogP contribution in [0.2, 0.25) is 5.02 Å². The topological polar surface area (TPSA) is 41.6 Å². The number of nitrogens with zero attached hydrogens (tertiary/aromatic N) is 2. The van der Waals surface area contributed by atoms with E-state index in [1.807, 2.05) is 38.4 Å². The first kappa shape index (κ1) is 11.9. The molecule has 0 amide bonds. The van der Waals surface area contributed by atoms with Crippen molar-refractivity contribution in [3.63, 3.8) is 0 Å². The molecule has 0 aliphatic rings. The van der Waals surface area contributed by atoms with Crippen molar-refractivity contribution in [2.24, 2.45) is 10.7 Å². The van der Waals surface area contributed by atoms with Crippen molar-refractivity contribution < 1.29 is 0 Å². The molecule has 0 atom stereocenters. The maximum atomic E-state index is 6.01. The summed E-state index contributed by atoms with van der Waals surface area (Å²) in [6, 6.07) is 7.78. The van der Waals surface area contributed by atoms with Crippen molar-refractivity contribution in [2.45, 2.75) is 6.42 Å². The van der Waals surface area contributed by atoms with Gasteiger partial charge < -0.3 is 10.6 Å². The minimum absolute atomic E-state index is 0.544. The largest absolute Gasteiger partial charge is 0.370 e. The van der Waals surface area contributed by atoms with Gasteiger partial charge in [-0.05, 0) is 18.1 Å². The fourth-order valence-corrected chi connectivity index (χ4v) is 1.36. The number of guanidine groups is 1. The Morgan fingerprint density at radius 1 is 1.40 bits per heavy atom. The maximum absolute atomic E-state index is 6.01. The van der Waals surface area contributed by atoms with Crippen molar-refractivity contribution >= 4 is 17.6 Å². The molecule has 0 spiro atoms. The van der Waals surface area contributed by atoms with Gasteiger partial charge in [-0.2, -0.15) is 0 Å². The van der Waals surface area contributed by atoms with E-state index in [-0.39, 0.29) is 0 Å². The molecular formula is C11H16ClN3. The summed E-state index contributed by atoms with van der Waals surface area (Å²) >= 11 is 6.01. The van der Waals surface area contributed by atoms with Gasteiger partial charge in [0.1, 0.15) is 0 Å². The lowest BCUT2D eigenvalue weighted by molar-refractivity contribution is 0.609. The van der Waals surface area contributed by atoms with E-state index in [9.17, 15) is 0 Å². The molecular weight excluding hydrogens is 210 g/mol. The van der Waals surface area contributed by atoms with Crippen LogP contribution < -0.4 is 5.73 Å². The quantitative estimate of drug-likeness (QED) is 0.629. The van der Waals surface area contributed by atoms with Gasteiger partial charge in [-0.1, -0.05) is 29.8 Å². The second-order valence-electron chi connectivity index (χ2n) is 3.48. The number of hydrogen-bond acceptors (Lipinski definition) is 1. The van der Waals surface area contributed by atoms with Crippen LogP contribution in [0.5, 0.6) is 0 Å². The Labute approximate surface area is 95.6 Å². The molecule has 0 unspecified atom stereocenters. The molecule has 2 N–H and O–H groups in total. The van der Waals surface area contributed by atoms with Gasteiger partial charge in [-0.25, -0.2) is 0 Å². The lowest BCUT2D eigenvalue weighted by Gasteiger charge is -2.10. The van der Waals surface area contributed by atoms with Gasteiger partial charge in [0.05, 0.1) is 0 Å². The number of halogens is 1. The summed E-state index contributed by atoms with van der Waals surface area (Å²) in [5, 5.41) is 0.788. The summed E-state index contributed by atoms with van der Waals surface area (Å²) in [6.07, 6.45) is 0.814. The molecule has 1 aromatic carbocycles. The Hall–Kier alpha value is -1.22. The van der Waals surface area contributed by atoms with E-state index in [0.717, 1.165) is 17.0 Å². The number of benzene rings is 1. The van der Waals surface area contributed by atoms with E-state index in [1.165, 1.54) is 0 Å². The van der Waals surface area contributed by atoms with Crippen molar-refractivity contribution in [3.05, 3.63) is 34.9 Å². The minimum atomic E-state index is 0.544. The summed E-state index contributed by atoms with van der Waals surface area (Å²) in [5.74, 6) is 0.544. The zero-order valence-electron chi connectivity index (χ0n) is 9.07. The van der Waals surface area contributed by atoms with Crippen molar-refractivity contribution in [3.8, 4) is 0 Å². The molecule has 0 fully saturated rings. The zero-order valence-corrected chi connectivity index (χ0v) is 9.83. The minimum Gasteiger partial charge on any atom is -0.370 e. The predicted octanol–water partition coefficient (Wildman–Crippen LogP) is 1.76. The van der Waals surface area contributed by atoms with E-state index >= 15 is 0 Å². The Balaban J connectivity index is 2.52. The molecule has 0 saturated heterocycles. The van der Waals surface area contributed by atoms with Crippen LogP contribution in [0.4, 0.5) is 0 Å². The summed E-state index contributed by atoms with van der Waals surface area (Å²) in [4.78, 5) is 6.01. The Kier molecular flexibility index (Phi) is 4.43. The highest BCUT2D eigenvalue weighted by molar-refractivity contribution is 6.31. The van der Waals surface area contributed by atoms with Crippen molar-refractivity contribution in [1.29, 1.82) is 0 Å². The molecule has 4 heteroatoms. The first-order valence-electron chi connectivity index (χ1n) is 4.82. The normalized spacial score (nSPS) is 11.5. The van der Waals surface area contributed by atoms with Crippen LogP contribution in [-0.4, -0.2) is 31.5 Å². The molecule has 0 aliphatic carbocycles. The number of hydrogen-bond donors (Lipinski definition) is 1. The van der Waals surface area contributed by atoms with E-state index in [2.05, 4.69) is 4.99 Å². The van der Waals surface area contributed by atoms with E-state index < -0.39 is 0 Å². The molecule has 1 aromatic rings. The second-order valence-corrected chi connectivity index (χ2v) is 3.88. The highest BCUT2D eigenvalue weighted by atomic mass is 35.5. The van der Waals surface area contributed by atoms with Gasteiger partial charge in [0.2, 0.25) is 0 Å². The summed E-state index contributed by atoms with van der Waals surface area (Å²) < 4.78 is 0. The standard InChI is InChI=1S/C11H16ClN3/c1-15(2)11(13)14-8-7-9-5-3-4-6-10(9)12/h3-6H,7-8H2,1-2H3,(H2,13,14). The molecule has 0 aliphatic heterocycles. The number of nitrogens with two attached hydrogens (primary N) is 1. The molecule has 0 saturated carbocycles. The van der Waals surface area contributed by atoms with E-state index in [4.69, 9.17) is 17.3 Å². The van der Waals surface area contributed by atoms with E-state index in [0.29, 0.717) is 12.5 Å². The Morgan fingerprint density at radius 2 is 2.07 bits per heavy atom.